The lowest BCUT2D eigenvalue weighted by Gasteiger charge is -2.08. The van der Waals surface area contributed by atoms with Crippen molar-refractivity contribution in [3.63, 3.8) is 0 Å². The second-order valence-corrected chi connectivity index (χ2v) is 3.30. The average molecular weight is 216 g/mol. The van der Waals surface area contributed by atoms with E-state index in [2.05, 4.69) is 4.74 Å². The van der Waals surface area contributed by atoms with Gasteiger partial charge in [0, 0.05) is 6.61 Å². The molecule has 1 atom stereocenters. The number of ether oxygens (including phenoxy) is 3. The van der Waals surface area contributed by atoms with Crippen molar-refractivity contribution < 1.29 is 23.8 Å². The van der Waals surface area contributed by atoms with Crippen molar-refractivity contribution in [2.24, 2.45) is 0 Å². The van der Waals surface area contributed by atoms with Crippen molar-refractivity contribution in [1.29, 1.82) is 0 Å². The molecule has 0 aromatic rings. The molecular weight excluding hydrogens is 200 g/mol. The first-order valence-electron chi connectivity index (χ1n) is 5.15. The summed E-state index contributed by atoms with van der Waals surface area (Å²) in [4.78, 5) is 22.1. The lowest BCUT2D eigenvalue weighted by Crippen LogP contribution is -2.20. The van der Waals surface area contributed by atoms with Gasteiger partial charge in [0.05, 0.1) is 19.1 Å². The van der Waals surface area contributed by atoms with Crippen LogP contribution in [0, 0.1) is 0 Å². The Labute approximate surface area is 88.7 Å². The summed E-state index contributed by atoms with van der Waals surface area (Å²) < 4.78 is 14.6. The van der Waals surface area contributed by atoms with Gasteiger partial charge in [0.2, 0.25) is 0 Å². The molecule has 1 heterocycles. The Kier molecular flexibility index (Phi) is 5.10. The van der Waals surface area contributed by atoms with E-state index in [1.807, 2.05) is 0 Å². The molecule has 0 radical (unpaired) electrons. The van der Waals surface area contributed by atoms with E-state index >= 15 is 0 Å². The van der Waals surface area contributed by atoms with E-state index in [1.165, 1.54) is 0 Å². The maximum Gasteiger partial charge on any atom is 0.344 e. The van der Waals surface area contributed by atoms with Crippen LogP contribution >= 0.6 is 0 Å². The second kappa shape index (κ2) is 6.40. The minimum atomic E-state index is -0.516. The van der Waals surface area contributed by atoms with E-state index in [1.54, 1.807) is 6.92 Å². The van der Waals surface area contributed by atoms with Crippen LogP contribution in [-0.4, -0.2) is 37.9 Å². The summed E-state index contributed by atoms with van der Waals surface area (Å²) in [6.07, 6.45) is 2.05. The SMILES string of the molecule is CCOC(=O)COC(=O)CC1CCCO1. The first kappa shape index (κ1) is 12.0. The van der Waals surface area contributed by atoms with Gasteiger partial charge in [-0.25, -0.2) is 4.79 Å². The van der Waals surface area contributed by atoms with Crippen molar-refractivity contribution in [3.8, 4) is 0 Å². The van der Waals surface area contributed by atoms with Crippen molar-refractivity contribution in [3.05, 3.63) is 0 Å². The molecule has 0 spiro atoms. The first-order valence-corrected chi connectivity index (χ1v) is 5.15. The summed E-state index contributed by atoms with van der Waals surface area (Å²) in [6.45, 7) is 2.39. The monoisotopic (exact) mass is 216 g/mol. The lowest BCUT2D eigenvalue weighted by atomic mass is 10.2. The predicted molar refractivity (Wildman–Crippen MR) is 51.2 cm³/mol. The molecule has 0 bridgehead atoms. The van der Waals surface area contributed by atoms with Crippen LogP contribution in [0.5, 0.6) is 0 Å². The lowest BCUT2D eigenvalue weighted by molar-refractivity contribution is -0.159. The molecule has 0 N–H and O–H groups in total. The molecule has 1 aliphatic rings. The molecule has 0 saturated carbocycles. The molecule has 86 valence electrons. The van der Waals surface area contributed by atoms with Gasteiger partial charge in [-0.3, -0.25) is 4.79 Å². The second-order valence-electron chi connectivity index (χ2n) is 3.30. The minimum Gasteiger partial charge on any atom is -0.463 e. The Morgan fingerprint density at radius 3 is 2.73 bits per heavy atom. The van der Waals surface area contributed by atoms with Gasteiger partial charge in [0.15, 0.2) is 6.61 Å². The van der Waals surface area contributed by atoms with E-state index in [4.69, 9.17) is 9.47 Å². The topological polar surface area (TPSA) is 61.8 Å². The standard InChI is InChI=1S/C10H16O5/c1-2-13-10(12)7-15-9(11)6-8-4-3-5-14-8/h8H,2-7H2,1H3. The van der Waals surface area contributed by atoms with Crippen LogP contribution in [0.3, 0.4) is 0 Å². The highest BCUT2D eigenvalue weighted by atomic mass is 16.6. The third-order valence-corrected chi connectivity index (χ3v) is 2.07. The number of carbonyl (C=O) groups is 2. The van der Waals surface area contributed by atoms with Gasteiger partial charge in [-0.15, -0.1) is 0 Å². The Morgan fingerprint density at radius 2 is 2.13 bits per heavy atom. The summed E-state index contributed by atoms with van der Waals surface area (Å²) >= 11 is 0. The largest absolute Gasteiger partial charge is 0.463 e. The molecule has 0 aromatic carbocycles. The number of carbonyl (C=O) groups excluding carboxylic acids is 2. The van der Waals surface area contributed by atoms with Crippen LogP contribution in [0.4, 0.5) is 0 Å². The summed E-state index contributed by atoms with van der Waals surface area (Å²) in [5.41, 5.74) is 0. The molecule has 1 saturated heterocycles. The molecular formula is C10H16O5. The average Bonchev–Trinajstić information content (AvgIpc) is 2.68. The summed E-state index contributed by atoms with van der Waals surface area (Å²) in [7, 11) is 0. The van der Waals surface area contributed by atoms with Crippen LogP contribution in [0.25, 0.3) is 0 Å². The van der Waals surface area contributed by atoms with Gasteiger partial charge < -0.3 is 14.2 Å². The Hall–Kier alpha value is -1.10. The molecule has 5 heteroatoms. The van der Waals surface area contributed by atoms with Crippen LogP contribution in [0.2, 0.25) is 0 Å². The van der Waals surface area contributed by atoms with E-state index < -0.39 is 11.9 Å². The van der Waals surface area contributed by atoms with Crippen molar-refractivity contribution >= 4 is 11.9 Å². The number of hydrogen-bond acceptors (Lipinski definition) is 5. The third kappa shape index (κ3) is 4.78. The maximum atomic E-state index is 11.2. The van der Waals surface area contributed by atoms with Crippen LogP contribution in [-0.2, 0) is 23.8 Å². The zero-order valence-corrected chi connectivity index (χ0v) is 8.86. The summed E-state index contributed by atoms with van der Waals surface area (Å²) in [6, 6.07) is 0. The molecule has 15 heavy (non-hydrogen) atoms. The van der Waals surface area contributed by atoms with Crippen LogP contribution in [0.1, 0.15) is 26.2 Å². The summed E-state index contributed by atoms with van der Waals surface area (Å²) in [5, 5.41) is 0. The molecule has 0 aliphatic carbocycles. The van der Waals surface area contributed by atoms with Gasteiger partial charge in [-0.1, -0.05) is 0 Å². The van der Waals surface area contributed by atoms with Gasteiger partial charge in [-0.05, 0) is 19.8 Å². The van der Waals surface area contributed by atoms with Gasteiger partial charge in [0.25, 0.3) is 0 Å². The zero-order valence-electron chi connectivity index (χ0n) is 8.86. The highest BCUT2D eigenvalue weighted by Crippen LogP contribution is 2.15. The maximum absolute atomic E-state index is 11.2. The van der Waals surface area contributed by atoms with Gasteiger partial charge in [0.1, 0.15) is 0 Å². The number of hydrogen-bond donors (Lipinski definition) is 0. The quantitative estimate of drug-likeness (QED) is 0.632. The van der Waals surface area contributed by atoms with Gasteiger partial charge in [-0.2, -0.15) is 0 Å². The minimum absolute atomic E-state index is 0.0419. The molecule has 1 fully saturated rings. The molecule has 5 nitrogen and oxygen atoms in total. The van der Waals surface area contributed by atoms with Crippen molar-refractivity contribution in [2.75, 3.05) is 19.8 Å². The molecule has 1 unspecified atom stereocenters. The van der Waals surface area contributed by atoms with Gasteiger partial charge >= 0.3 is 11.9 Å². The van der Waals surface area contributed by atoms with Crippen LogP contribution in [0.15, 0.2) is 0 Å². The van der Waals surface area contributed by atoms with Crippen molar-refractivity contribution in [2.45, 2.75) is 32.3 Å². The highest BCUT2D eigenvalue weighted by molar-refractivity contribution is 5.76. The smallest absolute Gasteiger partial charge is 0.344 e. The van der Waals surface area contributed by atoms with E-state index in [0.717, 1.165) is 12.8 Å². The number of rotatable bonds is 5. The van der Waals surface area contributed by atoms with Crippen molar-refractivity contribution in [1.82, 2.24) is 0 Å². The fourth-order valence-electron chi connectivity index (χ4n) is 1.39. The van der Waals surface area contributed by atoms with E-state index in [-0.39, 0.29) is 19.1 Å². The molecule has 1 aliphatic heterocycles. The summed E-state index contributed by atoms with van der Waals surface area (Å²) in [5.74, 6) is -0.923. The Balaban J connectivity index is 2.10. The highest BCUT2D eigenvalue weighted by Gasteiger charge is 2.20. The molecule has 0 amide bonds. The molecule has 1 rings (SSSR count). The fourth-order valence-corrected chi connectivity index (χ4v) is 1.39. The van der Waals surface area contributed by atoms with E-state index in [0.29, 0.717) is 13.2 Å². The van der Waals surface area contributed by atoms with E-state index in [9.17, 15) is 9.59 Å². The predicted octanol–water partition coefficient (Wildman–Crippen LogP) is 0.662. The normalized spacial score (nSPS) is 19.9. The third-order valence-electron chi connectivity index (χ3n) is 2.07. The molecule has 0 aromatic heterocycles. The Morgan fingerprint density at radius 1 is 1.33 bits per heavy atom. The van der Waals surface area contributed by atoms with Crippen LogP contribution < -0.4 is 0 Å². The number of esters is 2. The first-order chi connectivity index (χ1) is 7.22. The Bertz CT molecular complexity index is 220. The fraction of sp³-hybridized carbons (Fsp3) is 0.800. The zero-order chi connectivity index (χ0) is 11.1.